The van der Waals surface area contributed by atoms with Gasteiger partial charge in [-0.25, -0.2) is 0 Å². The van der Waals surface area contributed by atoms with Gasteiger partial charge in [0.05, 0.1) is 0 Å². The van der Waals surface area contributed by atoms with E-state index in [0.717, 1.165) is 18.2 Å². The van der Waals surface area contributed by atoms with Crippen LogP contribution in [0.2, 0.25) is 0 Å². The lowest BCUT2D eigenvalue weighted by Crippen LogP contribution is -2.35. The van der Waals surface area contributed by atoms with Crippen LogP contribution in [0.3, 0.4) is 0 Å². The van der Waals surface area contributed by atoms with E-state index >= 15 is 0 Å². The third-order valence-corrected chi connectivity index (χ3v) is 3.25. The van der Waals surface area contributed by atoms with Crippen molar-refractivity contribution in [1.29, 1.82) is 0 Å². The molecule has 0 aromatic rings. The first-order chi connectivity index (χ1) is 6.13. The van der Waals surface area contributed by atoms with Crippen molar-refractivity contribution in [3.05, 3.63) is 0 Å². The molecule has 0 spiro atoms. The van der Waals surface area contributed by atoms with Crippen LogP contribution in [0.1, 0.15) is 32.1 Å². The molecule has 1 N–H and O–H groups in total. The van der Waals surface area contributed by atoms with E-state index in [4.69, 9.17) is 5.11 Å². The van der Waals surface area contributed by atoms with Gasteiger partial charge in [0, 0.05) is 11.8 Å². The SMILES string of the molecule is O=C(O)C1(CCCBr)CCCC1=O. The molecule has 1 aliphatic carbocycles. The highest BCUT2D eigenvalue weighted by Gasteiger charge is 2.47. The lowest BCUT2D eigenvalue weighted by molar-refractivity contribution is -0.153. The number of aliphatic carboxylic acids is 1. The normalized spacial score (nSPS) is 27.9. The Balaban J connectivity index is 2.74. The first-order valence-corrected chi connectivity index (χ1v) is 5.58. The number of rotatable bonds is 4. The number of carbonyl (C=O) groups excluding carboxylic acids is 1. The van der Waals surface area contributed by atoms with Crippen LogP contribution < -0.4 is 0 Å². The summed E-state index contributed by atoms with van der Waals surface area (Å²) >= 11 is 3.25. The summed E-state index contributed by atoms with van der Waals surface area (Å²) in [6, 6.07) is 0. The van der Waals surface area contributed by atoms with Crippen molar-refractivity contribution < 1.29 is 14.7 Å². The first-order valence-electron chi connectivity index (χ1n) is 4.46. The lowest BCUT2D eigenvalue weighted by Gasteiger charge is -2.21. The van der Waals surface area contributed by atoms with Gasteiger partial charge in [-0.05, 0) is 25.7 Å². The van der Waals surface area contributed by atoms with Gasteiger partial charge in [-0.2, -0.15) is 0 Å². The number of carboxylic acids is 1. The average molecular weight is 249 g/mol. The quantitative estimate of drug-likeness (QED) is 0.612. The summed E-state index contributed by atoms with van der Waals surface area (Å²) in [5, 5.41) is 9.78. The minimum absolute atomic E-state index is 0.0825. The Bertz CT molecular complexity index is 227. The molecule has 74 valence electrons. The van der Waals surface area contributed by atoms with Gasteiger partial charge < -0.3 is 5.11 Å². The Hall–Kier alpha value is -0.380. The van der Waals surface area contributed by atoms with Crippen molar-refractivity contribution in [1.82, 2.24) is 0 Å². The van der Waals surface area contributed by atoms with Crippen LogP contribution in [-0.4, -0.2) is 22.2 Å². The van der Waals surface area contributed by atoms with E-state index < -0.39 is 11.4 Å². The number of hydrogen-bond donors (Lipinski definition) is 1. The molecule has 1 atom stereocenters. The molecule has 0 amide bonds. The minimum Gasteiger partial charge on any atom is -0.480 e. The zero-order chi connectivity index (χ0) is 9.90. The summed E-state index contributed by atoms with van der Waals surface area (Å²) in [5.41, 5.74) is -1.05. The van der Waals surface area contributed by atoms with E-state index in [1.807, 2.05) is 0 Å². The van der Waals surface area contributed by atoms with Gasteiger partial charge in [-0.15, -0.1) is 0 Å². The molecule has 0 aromatic heterocycles. The maximum atomic E-state index is 11.4. The molecule has 0 aromatic carbocycles. The van der Waals surface area contributed by atoms with Crippen molar-refractivity contribution in [2.45, 2.75) is 32.1 Å². The van der Waals surface area contributed by atoms with Crippen molar-refractivity contribution in [2.24, 2.45) is 5.41 Å². The zero-order valence-electron chi connectivity index (χ0n) is 7.38. The lowest BCUT2D eigenvalue weighted by atomic mass is 9.81. The fourth-order valence-corrected chi connectivity index (χ4v) is 2.18. The molecule has 1 aliphatic rings. The average Bonchev–Trinajstić information content (AvgIpc) is 2.45. The molecule has 3 nitrogen and oxygen atoms in total. The van der Waals surface area contributed by atoms with E-state index in [1.165, 1.54) is 0 Å². The molecule has 13 heavy (non-hydrogen) atoms. The molecule has 4 heteroatoms. The molecular weight excluding hydrogens is 236 g/mol. The molecule has 0 heterocycles. The standard InChI is InChI=1S/C9H13BrO3/c10-6-2-5-9(8(12)13)4-1-3-7(9)11/h1-6H2,(H,12,13). The largest absolute Gasteiger partial charge is 0.480 e. The van der Waals surface area contributed by atoms with Crippen LogP contribution in [-0.2, 0) is 9.59 Å². The number of halogens is 1. The number of alkyl halides is 1. The number of Topliss-reactive ketones (excluding diaryl/α,β-unsaturated/α-hetero) is 1. The van der Waals surface area contributed by atoms with Crippen molar-refractivity contribution in [3.63, 3.8) is 0 Å². The zero-order valence-corrected chi connectivity index (χ0v) is 8.97. The third kappa shape index (κ3) is 1.93. The topological polar surface area (TPSA) is 54.4 Å². The molecule has 1 saturated carbocycles. The fourth-order valence-electron chi connectivity index (χ4n) is 1.90. The van der Waals surface area contributed by atoms with Crippen LogP contribution in [0.5, 0.6) is 0 Å². The van der Waals surface area contributed by atoms with Gasteiger partial charge in [0.15, 0.2) is 0 Å². The number of ketones is 1. The molecule has 0 saturated heterocycles. The van der Waals surface area contributed by atoms with Crippen LogP contribution in [0, 0.1) is 5.41 Å². The van der Waals surface area contributed by atoms with Crippen LogP contribution in [0.15, 0.2) is 0 Å². The van der Waals surface area contributed by atoms with Gasteiger partial charge in [0.2, 0.25) is 0 Å². The summed E-state index contributed by atoms with van der Waals surface area (Å²) in [4.78, 5) is 22.5. The third-order valence-electron chi connectivity index (χ3n) is 2.69. The van der Waals surface area contributed by atoms with Gasteiger partial charge in [0.1, 0.15) is 11.2 Å². The Morgan fingerprint density at radius 1 is 1.62 bits per heavy atom. The number of hydrogen-bond acceptors (Lipinski definition) is 2. The highest BCUT2D eigenvalue weighted by Crippen LogP contribution is 2.39. The van der Waals surface area contributed by atoms with Crippen molar-refractivity contribution in [2.75, 3.05) is 5.33 Å². The van der Waals surface area contributed by atoms with E-state index in [1.54, 1.807) is 0 Å². The monoisotopic (exact) mass is 248 g/mol. The fraction of sp³-hybridized carbons (Fsp3) is 0.778. The summed E-state index contributed by atoms with van der Waals surface area (Å²) in [6.07, 6.45) is 2.92. The van der Waals surface area contributed by atoms with Gasteiger partial charge >= 0.3 is 5.97 Å². The molecule has 1 unspecified atom stereocenters. The Labute approximate surface area is 85.6 Å². The maximum Gasteiger partial charge on any atom is 0.317 e. The van der Waals surface area contributed by atoms with Crippen LogP contribution >= 0.6 is 15.9 Å². The predicted octanol–water partition coefficient (Wildman–Crippen LogP) is 1.99. The minimum atomic E-state index is -1.05. The second kappa shape index (κ2) is 4.22. The van der Waals surface area contributed by atoms with Gasteiger partial charge in [0.25, 0.3) is 0 Å². The van der Waals surface area contributed by atoms with E-state index in [-0.39, 0.29) is 5.78 Å². The van der Waals surface area contributed by atoms with Crippen LogP contribution in [0.4, 0.5) is 0 Å². The summed E-state index contributed by atoms with van der Waals surface area (Å²) in [7, 11) is 0. The molecule has 1 rings (SSSR count). The molecule has 1 fully saturated rings. The Kier molecular flexibility index (Phi) is 3.47. The second-order valence-electron chi connectivity index (χ2n) is 3.46. The smallest absolute Gasteiger partial charge is 0.317 e. The first kappa shape index (κ1) is 10.7. The highest BCUT2D eigenvalue weighted by molar-refractivity contribution is 9.09. The van der Waals surface area contributed by atoms with E-state index in [0.29, 0.717) is 19.3 Å². The van der Waals surface area contributed by atoms with Crippen LogP contribution in [0.25, 0.3) is 0 Å². The molecule has 0 bridgehead atoms. The Morgan fingerprint density at radius 3 is 2.69 bits per heavy atom. The van der Waals surface area contributed by atoms with Gasteiger partial charge in [-0.3, -0.25) is 9.59 Å². The summed E-state index contributed by atoms with van der Waals surface area (Å²) in [6.45, 7) is 0. The van der Waals surface area contributed by atoms with Crippen molar-refractivity contribution >= 4 is 27.7 Å². The highest BCUT2D eigenvalue weighted by atomic mass is 79.9. The molecule has 0 radical (unpaired) electrons. The van der Waals surface area contributed by atoms with E-state index in [9.17, 15) is 9.59 Å². The maximum absolute atomic E-state index is 11.4. The number of carbonyl (C=O) groups is 2. The summed E-state index contributed by atoms with van der Waals surface area (Å²) in [5.74, 6) is -1.02. The summed E-state index contributed by atoms with van der Waals surface area (Å²) < 4.78 is 0. The second-order valence-corrected chi connectivity index (χ2v) is 4.25. The Morgan fingerprint density at radius 2 is 2.31 bits per heavy atom. The van der Waals surface area contributed by atoms with Crippen molar-refractivity contribution in [3.8, 4) is 0 Å². The van der Waals surface area contributed by atoms with E-state index in [2.05, 4.69) is 15.9 Å². The molecular formula is C9H13BrO3. The molecule has 0 aliphatic heterocycles. The van der Waals surface area contributed by atoms with Gasteiger partial charge in [-0.1, -0.05) is 15.9 Å². The number of carboxylic acid groups (broad SMARTS) is 1. The predicted molar refractivity (Wildman–Crippen MR) is 52.0 cm³/mol.